The molecule has 2 aromatic rings. The summed E-state index contributed by atoms with van der Waals surface area (Å²) in [5.41, 5.74) is 1.81. The van der Waals surface area contributed by atoms with Gasteiger partial charge in [-0.2, -0.15) is 0 Å². The average Bonchev–Trinajstić information content (AvgIpc) is 2.47. The standard InChI is InChI=1S/C17H14O5/c1-9-3-5-11(16(19)20)7-13(9)15(18)14-8-12(17(21)22)6-4-10(14)2/h3-8H,1-2H3,(H,19,20)(H,21,22). The molecule has 22 heavy (non-hydrogen) atoms. The summed E-state index contributed by atoms with van der Waals surface area (Å²) in [6.07, 6.45) is 0. The Morgan fingerprint density at radius 2 is 1.09 bits per heavy atom. The van der Waals surface area contributed by atoms with E-state index in [4.69, 9.17) is 10.2 Å². The second kappa shape index (κ2) is 5.81. The third kappa shape index (κ3) is 2.88. The molecule has 5 heteroatoms. The van der Waals surface area contributed by atoms with Crippen molar-refractivity contribution >= 4 is 17.7 Å². The van der Waals surface area contributed by atoms with Gasteiger partial charge in [0.05, 0.1) is 11.1 Å². The topological polar surface area (TPSA) is 91.7 Å². The van der Waals surface area contributed by atoms with E-state index >= 15 is 0 Å². The van der Waals surface area contributed by atoms with Gasteiger partial charge >= 0.3 is 11.9 Å². The molecule has 0 saturated carbocycles. The lowest BCUT2D eigenvalue weighted by atomic mass is 9.93. The lowest BCUT2D eigenvalue weighted by molar-refractivity contribution is 0.0686. The van der Waals surface area contributed by atoms with Crippen molar-refractivity contribution in [2.45, 2.75) is 13.8 Å². The maximum Gasteiger partial charge on any atom is 0.335 e. The Labute approximate surface area is 126 Å². The highest BCUT2D eigenvalue weighted by molar-refractivity contribution is 6.12. The SMILES string of the molecule is Cc1ccc(C(=O)O)cc1C(=O)c1cc(C(=O)O)ccc1C. The number of ketones is 1. The van der Waals surface area contributed by atoms with Crippen molar-refractivity contribution in [2.75, 3.05) is 0 Å². The normalized spacial score (nSPS) is 10.3. The van der Waals surface area contributed by atoms with Gasteiger partial charge in [-0.1, -0.05) is 12.1 Å². The molecule has 0 aliphatic rings. The molecule has 0 atom stereocenters. The Kier molecular flexibility index (Phi) is 4.08. The number of hydrogen-bond donors (Lipinski definition) is 2. The van der Waals surface area contributed by atoms with Crippen molar-refractivity contribution in [3.63, 3.8) is 0 Å². The third-order valence-corrected chi connectivity index (χ3v) is 3.46. The second-order valence-electron chi connectivity index (χ2n) is 5.00. The molecule has 0 saturated heterocycles. The van der Waals surface area contributed by atoms with Crippen LogP contribution in [0.25, 0.3) is 0 Å². The lowest BCUT2D eigenvalue weighted by Gasteiger charge is -2.09. The molecule has 0 heterocycles. The molecule has 2 N–H and O–H groups in total. The van der Waals surface area contributed by atoms with Crippen molar-refractivity contribution in [3.05, 3.63) is 69.8 Å². The number of carbonyl (C=O) groups is 3. The van der Waals surface area contributed by atoms with Crippen LogP contribution in [0.3, 0.4) is 0 Å². The molecule has 0 aromatic heterocycles. The minimum Gasteiger partial charge on any atom is -0.478 e. The molecule has 2 rings (SSSR count). The van der Waals surface area contributed by atoms with Crippen LogP contribution in [-0.4, -0.2) is 27.9 Å². The monoisotopic (exact) mass is 298 g/mol. The molecular weight excluding hydrogens is 284 g/mol. The highest BCUT2D eigenvalue weighted by Gasteiger charge is 2.18. The smallest absolute Gasteiger partial charge is 0.335 e. The molecule has 0 unspecified atom stereocenters. The molecule has 0 aliphatic carbocycles. The highest BCUT2D eigenvalue weighted by atomic mass is 16.4. The van der Waals surface area contributed by atoms with Crippen LogP contribution in [0.2, 0.25) is 0 Å². The number of rotatable bonds is 4. The Balaban J connectivity index is 2.57. The minimum absolute atomic E-state index is 0.0148. The van der Waals surface area contributed by atoms with Crippen LogP contribution >= 0.6 is 0 Å². The summed E-state index contributed by atoms with van der Waals surface area (Å²) in [6, 6.07) is 8.60. The van der Waals surface area contributed by atoms with Crippen molar-refractivity contribution < 1.29 is 24.6 Å². The predicted octanol–water partition coefficient (Wildman–Crippen LogP) is 2.93. The predicted molar refractivity (Wildman–Crippen MR) is 79.7 cm³/mol. The van der Waals surface area contributed by atoms with Gasteiger partial charge in [0.25, 0.3) is 0 Å². The number of benzene rings is 2. The molecule has 0 amide bonds. The fourth-order valence-electron chi connectivity index (χ4n) is 2.14. The Bertz CT molecular complexity index is 724. The van der Waals surface area contributed by atoms with Gasteiger partial charge in [-0.05, 0) is 49.2 Å². The van der Waals surface area contributed by atoms with Gasteiger partial charge in [0, 0.05) is 11.1 Å². The number of carbonyl (C=O) groups excluding carboxylic acids is 1. The highest BCUT2D eigenvalue weighted by Crippen LogP contribution is 2.20. The molecule has 5 nitrogen and oxygen atoms in total. The fraction of sp³-hybridized carbons (Fsp3) is 0.118. The first-order chi connectivity index (χ1) is 10.3. The van der Waals surface area contributed by atoms with E-state index in [9.17, 15) is 14.4 Å². The van der Waals surface area contributed by atoms with Crippen molar-refractivity contribution in [3.8, 4) is 0 Å². The maximum atomic E-state index is 12.7. The maximum absolute atomic E-state index is 12.7. The molecule has 0 bridgehead atoms. The van der Waals surface area contributed by atoms with Crippen LogP contribution in [0.4, 0.5) is 0 Å². The Hall–Kier alpha value is -2.95. The van der Waals surface area contributed by atoms with E-state index in [2.05, 4.69) is 0 Å². The number of aryl methyl sites for hydroxylation is 2. The molecule has 0 radical (unpaired) electrons. The van der Waals surface area contributed by atoms with Crippen LogP contribution in [0, 0.1) is 13.8 Å². The number of carboxylic acid groups (broad SMARTS) is 2. The molecule has 0 aliphatic heterocycles. The van der Waals surface area contributed by atoms with Gasteiger partial charge in [-0.15, -0.1) is 0 Å². The van der Waals surface area contributed by atoms with Gasteiger partial charge in [-0.3, -0.25) is 4.79 Å². The van der Waals surface area contributed by atoms with Crippen LogP contribution in [0.15, 0.2) is 36.4 Å². The van der Waals surface area contributed by atoms with Crippen LogP contribution < -0.4 is 0 Å². The molecule has 0 fully saturated rings. The zero-order valence-electron chi connectivity index (χ0n) is 12.1. The van der Waals surface area contributed by atoms with Gasteiger partial charge in [0.1, 0.15) is 0 Å². The summed E-state index contributed by atoms with van der Waals surface area (Å²) in [6.45, 7) is 3.41. The zero-order chi connectivity index (χ0) is 16.4. The number of aromatic carboxylic acids is 2. The minimum atomic E-state index is -1.12. The summed E-state index contributed by atoms with van der Waals surface area (Å²) in [4.78, 5) is 34.7. The summed E-state index contributed by atoms with van der Waals surface area (Å²) >= 11 is 0. The summed E-state index contributed by atoms with van der Waals surface area (Å²) in [7, 11) is 0. The molecule has 112 valence electrons. The number of carboxylic acids is 2. The van der Waals surface area contributed by atoms with E-state index in [1.54, 1.807) is 26.0 Å². The van der Waals surface area contributed by atoms with E-state index in [0.29, 0.717) is 11.1 Å². The summed E-state index contributed by atoms with van der Waals surface area (Å²) in [5, 5.41) is 18.1. The third-order valence-electron chi connectivity index (χ3n) is 3.46. The van der Waals surface area contributed by atoms with E-state index in [1.807, 2.05) is 0 Å². The first-order valence-electron chi connectivity index (χ1n) is 6.54. The largest absolute Gasteiger partial charge is 0.478 e. The van der Waals surface area contributed by atoms with Gasteiger partial charge in [-0.25, -0.2) is 9.59 Å². The fourth-order valence-corrected chi connectivity index (χ4v) is 2.14. The van der Waals surface area contributed by atoms with E-state index in [0.717, 1.165) is 0 Å². The van der Waals surface area contributed by atoms with Crippen molar-refractivity contribution in [2.24, 2.45) is 0 Å². The van der Waals surface area contributed by atoms with Gasteiger partial charge < -0.3 is 10.2 Å². The second-order valence-corrected chi connectivity index (χ2v) is 5.00. The molecule has 2 aromatic carbocycles. The first kappa shape index (κ1) is 15.4. The molecular formula is C17H14O5. The van der Waals surface area contributed by atoms with E-state index < -0.39 is 11.9 Å². The van der Waals surface area contributed by atoms with Crippen LogP contribution in [0.5, 0.6) is 0 Å². The summed E-state index contributed by atoms with van der Waals surface area (Å²) in [5.74, 6) is -2.63. The zero-order valence-corrected chi connectivity index (χ0v) is 12.1. The van der Waals surface area contributed by atoms with Crippen LogP contribution in [0.1, 0.15) is 47.8 Å². The van der Waals surface area contributed by atoms with Crippen molar-refractivity contribution in [1.82, 2.24) is 0 Å². The van der Waals surface area contributed by atoms with Gasteiger partial charge in [0.15, 0.2) is 5.78 Å². The summed E-state index contributed by atoms with van der Waals surface area (Å²) < 4.78 is 0. The average molecular weight is 298 g/mol. The number of hydrogen-bond acceptors (Lipinski definition) is 3. The van der Waals surface area contributed by atoms with Gasteiger partial charge in [0.2, 0.25) is 0 Å². The van der Waals surface area contributed by atoms with Crippen molar-refractivity contribution in [1.29, 1.82) is 0 Å². The van der Waals surface area contributed by atoms with Crippen LogP contribution in [-0.2, 0) is 0 Å². The molecule has 0 spiro atoms. The lowest BCUT2D eigenvalue weighted by Crippen LogP contribution is -2.09. The van der Waals surface area contributed by atoms with E-state index in [-0.39, 0.29) is 28.0 Å². The van der Waals surface area contributed by atoms with E-state index in [1.165, 1.54) is 24.3 Å². The quantitative estimate of drug-likeness (QED) is 0.847. The Morgan fingerprint density at radius 1 is 0.727 bits per heavy atom. The first-order valence-corrected chi connectivity index (χ1v) is 6.54. The Morgan fingerprint density at radius 3 is 1.41 bits per heavy atom.